The minimum atomic E-state index is 0.444. The number of nitrogen functional groups attached to an aromatic ring is 1. The fourth-order valence-corrected chi connectivity index (χ4v) is 2.84. The predicted octanol–water partition coefficient (Wildman–Crippen LogP) is 4.77. The van der Waals surface area contributed by atoms with E-state index >= 15 is 0 Å². The van der Waals surface area contributed by atoms with Crippen LogP contribution in [0.25, 0.3) is 0 Å². The van der Waals surface area contributed by atoms with Crippen molar-refractivity contribution in [2.75, 3.05) is 31.9 Å². The van der Waals surface area contributed by atoms with E-state index in [0.717, 1.165) is 36.9 Å². The molecule has 0 aliphatic heterocycles. The predicted molar refractivity (Wildman–Crippen MR) is 128 cm³/mol. The summed E-state index contributed by atoms with van der Waals surface area (Å²) >= 11 is 0. The van der Waals surface area contributed by atoms with E-state index in [1.165, 1.54) is 12.7 Å². The van der Waals surface area contributed by atoms with Crippen LogP contribution in [0.1, 0.15) is 44.2 Å². The first-order chi connectivity index (χ1) is 14.5. The van der Waals surface area contributed by atoms with Crippen LogP contribution in [0.3, 0.4) is 0 Å². The molecule has 0 aliphatic carbocycles. The van der Waals surface area contributed by atoms with E-state index in [-0.39, 0.29) is 0 Å². The Bertz CT molecular complexity index is 818. The second kappa shape index (κ2) is 12.6. The van der Waals surface area contributed by atoms with Crippen LogP contribution >= 0.6 is 0 Å². The van der Waals surface area contributed by atoms with Crippen molar-refractivity contribution in [2.45, 2.75) is 45.6 Å². The molecule has 6 heteroatoms. The first-order valence-corrected chi connectivity index (χ1v) is 10.5. The normalized spacial score (nSPS) is 12.1. The number of aliphatic imine (C=N–C) groups is 1. The third-order valence-electron chi connectivity index (χ3n) is 4.99. The average molecular weight is 410 g/mol. The molecule has 3 N–H and O–H groups in total. The number of nitrogens with zero attached hydrogens (tertiary/aromatic N) is 3. The van der Waals surface area contributed by atoms with Crippen LogP contribution < -0.4 is 11.1 Å². The Morgan fingerprint density at radius 2 is 1.93 bits per heavy atom. The molecule has 6 nitrogen and oxygen atoms in total. The molecule has 0 radical (unpaired) electrons. The molecule has 0 fully saturated rings. The molecule has 0 spiro atoms. The van der Waals surface area contributed by atoms with Crippen LogP contribution in [0.4, 0.5) is 11.4 Å². The van der Waals surface area contributed by atoms with E-state index in [9.17, 15) is 0 Å². The summed E-state index contributed by atoms with van der Waals surface area (Å²) in [6.45, 7) is 5.01. The average Bonchev–Trinajstić information content (AvgIpc) is 2.75. The highest BCUT2D eigenvalue weighted by Gasteiger charge is 2.08. The van der Waals surface area contributed by atoms with Crippen molar-refractivity contribution >= 4 is 23.4 Å². The van der Waals surface area contributed by atoms with Gasteiger partial charge in [0.15, 0.2) is 5.84 Å². The minimum absolute atomic E-state index is 0.444. The van der Waals surface area contributed by atoms with E-state index in [1.54, 1.807) is 0 Å². The van der Waals surface area contributed by atoms with Crippen molar-refractivity contribution in [3.8, 4) is 0 Å². The van der Waals surface area contributed by atoms with Crippen LogP contribution in [0.5, 0.6) is 0 Å². The number of anilines is 2. The first-order valence-electron chi connectivity index (χ1n) is 10.5. The van der Waals surface area contributed by atoms with Crippen molar-refractivity contribution in [3.05, 3.63) is 59.7 Å². The highest BCUT2D eigenvalue weighted by atomic mass is 16.6. The number of benzene rings is 2. The van der Waals surface area contributed by atoms with Gasteiger partial charge in [-0.25, -0.2) is 4.99 Å². The van der Waals surface area contributed by atoms with Crippen LogP contribution in [-0.4, -0.2) is 43.8 Å². The quantitative estimate of drug-likeness (QED) is 0.140. The van der Waals surface area contributed by atoms with E-state index in [0.29, 0.717) is 24.2 Å². The molecule has 0 bridgehead atoms. The number of oxime groups is 1. The molecular formula is C24H35N5O. The second-order valence-electron chi connectivity index (χ2n) is 7.63. The third kappa shape index (κ3) is 7.87. The van der Waals surface area contributed by atoms with E-state index in [1.807, 2.05) is 30.5 Å². The Morgan fingerprint density at radius 1 is 1.17 bits per heavy atom. The topological polar surface area (TPSA) is 75.2 Å². The van der Waals surface area contributed by atoms with Crippen LogP contribution in [-0.2, 0) is 11.3 Å². The lowest BCUT2D eigenvalue weighted by atomic mass is 10.1. The lowest BCUT2D eigenvalue weighted by molar-refractivity contribution is 0.213. The van der Waals surface area contributed by atoms with Gasteiger partial charge in [-0.05, 0) is 70.3 Å². The Balaban J connectivity index is 1.93. The summed E-state index contributed by atoms with van der Waals surface area (Å²) in [7, 11) is 3.60. The fourth-order valence-electron chi connectivity index (χ4n) is 2.84. The SMILES string of the molecule is CO/N=C(\N=CCCCCc1ccccc1)c1ccc(N)c(NCN(C)C(C)C)c1. The smallest absolute Gasteiger partial charge is 0.198 e. The van der Waals surface area contributed by atoms with Gasteiger partial charge in [-0.15, -0.1) is 0 Å². The van der Waals surface area contributed by atoms with Gasteiger partial charge >= 0.3 is 0 Å². The Kier molecular flexibility index (Phi) is 9.87. The third-order valence-corrected chi connectivity index (χ3v) is 4.99. The van der Waals surface area contributed by atoms with Gasteiger partial charge < -0.3 is 15.9 Å². The van der Waals surface area contributed by atoms with Gasteiger partial charge in [0.05, 0.1) is 18.0 Å². The van der Waals surface area contributed by atoms with Crippen LogP contribution in [0.15, 0.2) is 58.7 Å². The summed E-state index contributed by atoms with van der Waals surface area (Å²) in [4.78, 5) is 11.8. The zero-order valence-corrected chi connectivity index (χ0v) is 18.6. The standard InChI is InChI=1S/C24H35N5O/c1-19(2)29(3)18-27-23-17-21(14-15-22(23)25)24(28-30-4)26-16-10-6-9-13-20-11-7-5-8-12-20/h5,7-8,11-12,14-17,19,27H,6,9-10,13,18,25H2,1-4H3/b26-16?,28-24-. The zero-order valence-electron chi connectivity index (χ0n) is 18.6. The highest BCUT2D eigenvalue weighted by molar-refractivity contribution is 6.03. The molecule has 0 amide bonds. The van der Waals surface area contributed by atoms with Crippen molar-refractivity contribution in [2.24, 2.45) is 10.1 Å². The number of rotatable bonds is 11. The molecular weight excluding hydrogens is 374 g/mol. The van der Waals surface area contributed by atoms with Gasteiger partial charge in [0.2, 0.25) is 0 Å². The van der Waals surface area contributed by atoms with Crippen LogP contribution in [0, 0.1) is 0 Å². The lowest BCUT2D eigenvalue weighted by Gasteiger charge is -2.22. The molecule has 2 aromatic carbocycles. The molecule has 162 valence electrons. The maximum absolute atomic E-state index is 6.14. The van der Waals surface area contributed by atoms with Crippen molar-refractivity contribution in [3.63, 3.8) is 0 Å². The Hall–Kier alpha value is -2.86. The van der Waals surface area contributed by atoms with E-state index in [4.69, 9.17) is 10.6 Å². The monoisotopic (exact) mass is 409 g/mol. The summed E-state index contributed by atoms with van der Waals surface area (Å²) in [6, 6.07) is 16.7. The van der Waals surface area contributed by atoms with Gasteiger partial charge in [-0.2, -0.15) is 0 Å². The molecule has 2 rings (SSSR count). The summed E-state index contributed by atoms with van der Waals surface area (Å²) in [5.41, 5.74) is 9.93. The van der Waals surface area contributed by atoms with Gasteiger partial charge in [0.25, 0.3) is 0 Å². The molecule has 0 heterocycles. The fraction of sp³-hybridized carbons (Fsp3) is 0.417. The number of nitrogens with one attached hydrogen (secondary N) is 1. The largest absolute Gasteiger partial charge is 0.397 e. The zero-order chi connectivity index (χ0) is 21.8. The number of unbranched alkanes of at least 4 members (excludes halogenated alkanes) is 2. The number of hydrogen-bond acceptors (Lipinski definition) is 5. The molecule has 2 aromatic rings. The number of nitrogens with two attached hydrogens (primary N) is 1. The van der Waals surface area contributed by atoms with Gasteiger partial charge in [-0.3, -0.25) is 4.90 Å². The number of hydrogen-bond donors (Lipinski definition) is 2. The molecule has 0 atom stereocenters. The number of amidine groups is 1. The van der Waals surface area contributed by atoms with E-state index < -0.39 is 0 Å². The molecule has 0 aliphatic rings. The van der Waals surface area contributed by atoms with Gasteiger partial charge in [-0.1, -0.05) is 35.5 Å². The molecule has 0 aromatic heterocycles. The van der Waals surface area contributed by atoms with Crippen LogP contribution in [0.2, 0.25) is 0 Å². The molecule has 30 heavy (non-hydrogen) atoms. The summed E-state index contributed by atoms with van der Waals surface area (Å²) in [5.74, 6) is 0.542. The van der Waals surface area contributed by atoms with Gasteiger partial charge in [0, 0.05) is 17.8 Å². The van der Waals surface area contributed by atoms with Gasteiger partial charge in [0.1, 0.15) is 7.11 Å². The van der Waals surface area contributed by atoms with Crippen molar-refractivity contribution in [1.29, 1.82) is 0 Å². The first kappa shape index (κ1) is 23.4. The molecule has 0 unspecified atom stereocenters. The summed E-state index contributed by atoms with van der Waals surface area (Å²) < 4.78 is 0. The van der Waals surface area contributed by atoms with Crippen molar-refractivity contribution < 1.29 is 4.84 Å². The summed E-state index contributed by atoms with van der Waals surface area (Å²) in [6.07, 6.45) is 6.11. The minimum Gasteiger partial charge on any atom is -0.397 e. The lowest BCUT2D eigenvalue weighted by Crippen LogP contribution is -2.31. The Morgan fingerprint density at radius 3 is 2.63 bits per heavy atom. The Labute approximate surface area is 180 Å². The maximum atomic E-state index is 6.14. The molecule has 0 saturated heterocycles. The highest BCUT2D eigenvalue weighted by Crippen LogP contribution is 2.21. The summed E-state index contributed by atoms with van der Waals surface area (Å²) in [5, 5.41) is 7.48. The second-order valence-corrected chi connectivity index (χ2v) is 7.63. The number of aryl methyl sites for hydroxylation is 1. The maximum Gasteiger partial charge on any atom is 0.198 e. The molecule has 0 saturated carbocycles. The van der Waals surface area contributed by atoms with Crippen molar-refractivity contribution in [1.82, 2.24) is 4.90 Å². The van der Waals surface area contributed by atoms with E-state index in [2.05, 4.69) is 65.5 Å².